The summed E-state index contributed by atoms with van der Waals surface area (Å²) < 4.78 is 7.50. The molecule has 0 aliphatic rings. The molecule has 0 fully saturated rings. The van der Waals surface area contributed by atoms with Crippen LogP contribution in [0, 0.1) is 0 Å². The zero-order valence-electron chi connectivity index (χ0n) is 11.1. The van der Waals surface area contributed by atoms with E-state index in [2.05, 4.69) is 0 Å². The lowest BCUT2D eigenvalue weighted by Gasteiger charge is -2.08. The SMILES string of the molecule is O=C(O)c1cn2ccn(Cc3ccco3)c(=O)c2c(O)c1=O. The fraction of sp³-hybridized carbons (Fsp3) is 0.0714. The maximum atomic E-state index is 12.4. The van der Waals surface area contributed by atoms with Crippen LogP contribution >= 0.6 is 0 Å². The molecule has 0 aromatic carbocycles. The number of hydrogen-bond acceptors (Lipinski definition) is 5. The van der Waals surface area contributed by atoms with Gasteiger partial charge in [-0.15, -0.1) is 0 Å². The number of hydrogen-bond donors (Lipinski definition) is 2. The topological polar surface area (TPSA) is 114 Å². The number of carboxylic acid groups (broad SMARTS) is 1. The summed E-state index contributed by atoms with van der Waals surface area (Å²) >= 11 is 0. The molecule has 0 aliphatic carbocycles. The first kappa shape index (κ1) is 13.7. The Kier molecular flexibility index (Phi) is 3.06. The van der Waals surface area contributed by atoms with E-state index >= 15 is 0 Å². The molecule has 0 radical (unpaired) electrons. The molecule has 0 saturated heterocycles. The van der Waals surface area contributed by atoms with Gasteiger partial charge < -0.3 is 23.6 Å². The molecule has 0 saturated carbocycles. The Bertz CT molecular complexity index is 981. The molecule has 2 N–H and O–H groups in total. The van der Waals surface area contributed by atoms with E-state index in [1.54, 1.807) is 12.1 Å². The van der Waals surface area contributed by atoms with Crippen molar-refractivity contribution in [1.82, 2.24) is 8.97 Å². The number of nitrogens with zero attached hydrogens (tertiary/aromatic N) is 2. The summed E-state index contributed by atoms with van der Waals surface area (Å²) in [6.07, 6.45) is 5.25. The highest BCUT2D eigenvalue weighted by molar-refractivity contribution is 5.88. The largest absolute Gasteiger partial charge is 0.503 e. The predicted molar refractivity (Wildman–Crippen MR) is 74.4 cm³/mol. The number of aromatic carboxylic acids is 1. The lowest BCUT2D eigenvalue weighted by molar-refractivity contribution is 0.0694. The van der Waals surface area contributed by atoms with Crippen molar-refractivity contribution in [3.05, 3.63) is 68.9 Å². The standard InChI is InChI=1S/C14H10N2O6/c17-11-9(14(20)21)7-15-3-4-16(6-8-2-1-5-22-8)13(19)10(15)12(11)18/h1-5,7,18H,6H2,(H,20,21). The first-order valence-electron chi connectivity index (χ1n) is 6.22. The summed E-state index contributed by atoms with van der Waals surface area (Å²) in [5.41, 5.74) is -2.63. The Labute approximate surface area is 122 Å². The molecule has 22 heavy (non-hydrogen) atoms. The van der Waals surface area contributed by atoms with Crippen molar-refractivity contribution in [3.8, 4) is 5.75 Å². The summed E-state index contributed by atoms with van der Waals surface area (Å²) in [5.74, 6) is -1.84. The third kappa shape index (κ3) is 2.06. The molecular formula is C14H10N2O6. The van der Waals surface area contributed by atoms with Crippen LogP contribution in [0.15, 0.2) is 51.0 Å². The van der Waals surface area contributed by atoms with Crippen LogP contribution in [-0.4, -0.2) is 25.2 Å². The van der Waals surface area contributed by atoms with Gasteiger partial charge in [0.15, 0.2) is 11.3 Å². The van der Waals surface area contributed by atoms with E-state index < -0.39 is 28.3 Å². The molecule has 0 atom stereocenters. The van der Waals surface area contributed by atoms with Gasteiger partial charge in [-0.05, 0) is 12.1 Å². The molecular weight excluding hydrogens is 292 g/mol. The van der Waals surface area contributed by atoms with E-state index in [4.69, 9.17) is 9.52 Å². The normalized spacial score (nSPS) is 10.9. The molecule has 3 aromatic rings. The van der Waals surface area contributed by atoms with Gasteiger partial charge in [0.1, 0.15) is 11.3 Å². The highest BCUT2D eigenvalue weighted by Crippen LogP contribution is 2.11. The van der Waals surface area contributed by atoms with E-state index in [0.717, 1.165) is 10.6 Å². The second-order valence-corrected chi connectivity index (χ2v) is 4.59. The molecule has 3 heterocycles. The van der Waals surface area contributed by atoms with Crippen molar-refractivity contribution in [2.24, 2.45) is 0 Å². The van der Waals surface area contributed by atoms with Gasteiger partial charge in [-0.2, -0.15) is 0 Å². The minimum atomic E-state index is -1.48. The summed E-state index contributed by atoms with van der Waals surface area (Å²) in [4.78, 5) is 35.1. The number of carbonyl (C=O) groups is 1. The van der Waals surface area contributed by atoms with E-state index in [1.807, 2.05) is 0 Å². The Balaban J connectivity index is 2.25. The molecule has 0 bridgehead atoms. The number of fused-ring (bicyclic) bond motifs is 1. The second kappa shape index (κ2) is 4.92. The second-order valence-electron chi connectivity index (χ2n) is 4.59. The fourth-order valence-corrected chi connectivity index (χ4v) is 2.15. The summed E-state index contributed by atoms with van der Waals surface area (Å²) in [6.45, 7) is 0.122. The molecule has 8 nitrogen and oxygen atoms in total. The van der Waals surface area contributed by atoms with Crippen molar-refractivity contribution < 1.29 is 19.4 Å². The van der Waals surface area contributed by atoms with Crippen LogP contribution < -0.4 is 11.0 Å². The first-order valence-corrected chi connectivity index (χ1v) is 6.22. The van der Waals surface area contributed by atoms with Gasteiger partial charge in [-0.25, -0.2) is 4.79 Å². The van der Waals surface area contributed by atoms with E-state index in [-0.39, 0.29) is 12.1 Å². The monoisotopic (exact) mass is 302 g/mol. The lowest BCUT2D eigenvalue weighted by atomic mass is 10.2. The van der Waals surface area contributed by atoms with Crippen LogP contribution in [0.2, 0.25) is 0 Å². The quantitative estimate of drug-likeness (QED) is 0.728. The number of rotatable bonds is 3. The molecule has 8 heteroatoms. The highest BCUT2D eigenvalue weighted by atomic mass is 16.4. The molecule has 112 valence electrons. The van der Waals surface area contributed by atoms with E-state index in [0.29, 0.717) is 5.76 Å². The zero-order valence-corrected chi connectivity index (χ0v) is 11.1. The van der Waals surface area contributed by atoms with Crippen LogP contribution in [0.3, 0.4) is 0 Å². The molecule has 3 rings (SSSR count). The van der Waals surface area contributed by atoms with Gasteiger partial charge in [-0.3, -0.25) is 9.59 Å². The number of aromatic hydroxyl groups is 1. The highest BCUT2D eigenvalue weighted by Gasteiger charge is 2.18. The molecule has 3 aromatic heterocycles. The van der Waals surface area contributed by atoms with Crippen molar-refractivity contribution in [2.75, 3.05) is 0 Å². The third-order valence-electron chi connectivity index (χ3n) is 3.22. The van der Waals surface area contributed by atoms with E-state index in [1.165, 1.54) is 23.2 Å². The van der Waals surface area contributed by atoms with Gasteiger partial charge in [0.2, 0.25) is 5.43 Å². The van der Waals surface area contributed by atoms with Gasteiger partial charge in [0.25, 0.3) is 5.56 Å². The molecule has 0 aliphatic heterocycles. The average molecular weight is 302 g/mol. The Morgan fingerprint density at radius 3 is 2.68 bits per heavy atom. The third-order valence-corrected chi connectivity index (χ3v) is 3.22. The smallest absolute Gasteiger partial charge is 0.341 e. The lowest BCUT2D eigenvalue weighted by Crippen LogP contribution is -2.26. The van der Waals surface area contributed by atoms with Gasteiger partial charge in [0, 0.05) is 18.6 Å². The minimum Gasteiger partial charge on any atom is -0.503 e. The number of carboxylic acids is 1. The van der Waals surface area contributed by atoms with Gasteiger partial charge in [0.05, 0.1) is 12.8 Å². The Morgan fingerprint density at radius 2 is 2.05 bits per heavy atom. The Hall–Kier alpha value is -3.29. The summed E-state index contributed by atoms with van der Waals surface area (Å²) in [6, 6.07) is 3.35. The van der Waals surface area contributed by atoms with Crippen LogP contribution in [0.4, 0.5) is 0 Å². The van der Waals surface area contributed by atoms with Crippen LogP contribution in [0.1, 0.15) is 16.1 Å². The zero-order chi connectivity index (χ0) is 15.9. The Morgan fingerprint density at radius 1 is 1.27 bits per heavy atom. The summed E-state index contributed by atoms with van der Waals surface area (Å²) in [7, 11) is 0. The predicted octanol–water partition coefficient (Wildman–Crippen LogP) is 0.506. The van der Waals surface area contributed by atoms with Crippen LogP contribution in [0.25, 0.3) is 5.52 Å². The number of furan rings is 1. The first-order chi connectivity index (χ1) is 10.5. The van der Waals surface area contributed by atoms with Gasteiger partial charge >= 0.3 is 5.97 Å². The van der Waals surface area contributed by atoms with Crippen molar-refractivity contribution >= 4 is 11.5 Å². The molecule has 0 amide bonds. The van der Waals surface area contributed by atoms with Gasteiger partial charge in [-0.1, -0.05) is 0 Å². The summed E-state index contributed by atoms with van der Waals surface area (Å²) in [5, 5.41) is 18.8. The molecule has 0 unspecified atom stereocenters. The maximum Gasteiger partial charge on any atom is 0.341 e. The average Bonchev–Trinajstić information content (AvgIpc) is 2.98. The minimum absolute atomic E-state index is 0.122. The van der Waals surface area contributed by atoms with Crippen molar-refractivity contribution in [2.45, 2.75) is 6.54 Å². The fourth-order valence-electron chi connectivity index (χ4n) is 2.15. The number of aromatic nitrogens is 2. The number of pyridine rings is 1. The maximum absolute atomic E-state index is 12.4. The van der Waals surface area contributed by atoms with Crippen LogP contribution in [-0.2, 0) is 6.54 Å². The molecule has 0 spiro atoms. The van der Waals surface area contributed by atoms with Crippen molar-refractivity contribution in [3.63, 3.8) is 0 Å². The van der Waals surface area contributed by atoms with Crippen molar-refractivity contribution in [1.29, 1.82) is 0 Å². The van der Waals surface area contributed by atoms with Crippen LogP contribution in [0.5, 0.6) is 5.75 Å². The van der Waals surface area contributed by atoms with E-state index in [9.17, 15) is 19.5 Å².